The van der Waals surface area contributed by atoms with Crippen molar-refractivity contribution in [1.82, 2.24) is 0 Å². The van der Waals surface area contributed by atoms with Gasteiger partial charge >= 0.3 is 5.97 Å². The number of aryl methyl sites for hydroxylation is 1. The minimum Gasteiger partial charge on any atom is -0.454 e. The zero-order valence-electron chi connectivity index (χ0n) is 14.4. The monoisotopic (exact) mass is 374 g/mol. The van der Waals surface area contributed by atoms with Crippen LogP contribution in [0.25, 0.3) is 0 Å². The molecule has 5 atom stereocenters. The van der Waals surface area contributed by atoms with Crippen LogP contribution in [0, 0.1) is 6.92 Å². The summed E-state index contributed by atoms with van der Waals surface area (Å²) in [5, 5.41) is 20.7. The molecule has 0 saturated carbocycles. The Kier molecular flexibility index (Phi) is 5.55. The molecule has 1 aliphatic rings. The van der Waals surface area contributed by atoms with E-state index in [1.54, 1.807) is 19.1 Å². The number of aliphatic hydroxyl groups excluding tert-OH is 1. The second kappa shape index (κ2) is 7.00. The van der Waals surface area contributed by atoms with Crippen molar-refractivity contribution < 1.29 is 37.1 Å². The molecule has 0 radical (unpaired) electrons. The van der Waals surface area contributed by atoms with Gasteiger partial charge < -0.3 is 19.7 Å². The van der Waals surface area contributed by atoms with Gasteiger partial charge in [-0.2, -0.15) is 8.42 Å². The van der Waals surface area contributed by atoms with Crippen LogP contribution in [-0.2, 0) is 28.6 Å². The molecule has 1 aliphatic heterocycles. The molecule has 0 amide bonds. The van der Waals surface area contributed by atoms with E-state index in [-0.39, 0.29) is 4.90 Å². The summed E-state index contributed by atoms with van der Waals surface area (Å²) in [6.07, 6.45) is -5.45. The van der Waals surface area contributed by atoms with E-state index < -0.39 is 46.3 Å². The standard InChI is InChI=1S/C16H22O8S/c1-9-5-7-12(8-6-9)25(20,21)24-14-13(18)10(2)23-16(4,19)15(14)22-11(3)17/h5-8,10,13-15,18-19H,1-4H3/t10-,13+,14+,15-,16+/m0/s1. The molecule has 1 saturated heterocycles. The van der Waals surface area contributed by atoms with Crippen LogP contribution in [0.2, 0.25) is 0 Å². The summed E-state index contributed by atoms with van der Waals surface area (Å²) in [4.78, 5) is 11.2. The van der Waals surface area contributed by atoms with Crippen LogP contribution in [0.1, 0.15) is 26.3 Å². The molecule has 140 valence electrons. The van der Waals surface area contributed by atoms with Crippen molar-refractivity contribution >= 4 is 16.1 Å². The third-order valence-electron chi connectivity index (χ3n) is 3.91. The van der Waals surface area contributed by atoms with Crippen LogP contribution in [0.5, 0.6) is 0 Å². The molecule has 25 heavy (non-hydrogen) atoms. The number of aliphatic hydroxyl groups is 2. The number of carbonyl (C=O) groups excluding carboxylic acids is 1. The molecule has 2 N–H and O–H groups in total. The molecule has 1 heterocycles. The van der Waals surface area contributed by atoms with Crippen LogP contribution >= 0.6 is 0 Å². The molecule has 0 unspecified atom stereocenters. The molecule has 1 fully saturated rings. The Labute approximate surface area is 146 Å². The van der Waals surface area contributed by atoms with Gasteiger partial charge in [-0.3, -0.25) is 8.98 Å². The molecule has 0 aromatic heterocycles. The Balaban J connectivity index is 2.37. The number of hydrogen-bond acceptors (Lipinski definition) is 8. The summed E-state index contributed by atoms with van der Waals surface area (Å²) in [6.45, 7) is 5.54. The topological polar surface area (TPSA) is 119 Å². The van der Waals surface area contributed by atoms with E-state index in [9.17, 15) is 23.4 Å². The van der Waals surface area contributed by atoms with Crippen LogP contribution in [-0.4, -0.2) is 54.8 Å². The largest absolute Gasteiger partial charge is 0.454 e. The van der Waals surface area contributed by atoms with E-state index in [2.05, 4.69) is 0 Å². The average molecular weight is 374 g/mol. The molecule has 0 aliphatic carbocycles. The van der Waals surface area contributed by atoms with Gasteiger partial charge in [-0.1, -0.05) is 17.7 Å². The zero-order valence-corrected chi connectivity index (χ0v) is 15.2. The number of hydrogen-bond donors (Lipinski definition) is 2. The Morgan fingerprint density at radius 1 is 1.28 bits per heavy atom. The first kappa shape index (κ1) is 19.8. The second-order valence-corrected chi connectivity index (χ2v) is 7.80. The minimum atomic E-state index is -4.27. The molecule has 9 heteroatoms. The van der Waals surface area contributed by atoms with Gasteiger partial charge in [0, 0.05) is 6.92 Å². The van der Waals surface area contributed by atoms with Crippen molar-refractivity contribution in [2.75, 3.05) is 0 Å². The highest BCUT2D eigenvalue weighted by atomic mass is 32.2. The average Bonchev–Trinajstić information content (AvgIpc) is 2.48. The van der Waals surface area contributed by atoms with Crippen LogP contribution < -0.4 is 0 Å². The highest BCUT2D eigenvalue weighted by Gasteiger charge is 2.54. The number of esters is 1. The quantitative estimate of drug-likeness (QED) is 0.577. The fraction of sp³-hybridized carbons (Fsp3) is 0.562. The normalized spacial score (nSPS) is 33.0. The van der Waals surface area contributed by atoms with E-state index >= 15 is 0 Å². The van der Waals surface area contributed by atoms with Gasteiger partial charge in [0.2, 0.25) is 5.79 Å². The van der Waals surface area contributed by atoms with Crippen LogP contribution in [0.3, 0.4) is 0 Å². The maximum Gasteiger partial charge on any atom is 0.303 e. The molecular weight excluding hydrogens is 352 g/mol. The Morgan fingerprint density at radius 2 is 1.84 bits per heavy atom. The Hall–Kier alpha value is -1.52. The van der Waals surface area contributed by atoms with Gasteiger partial charge in [0.1, 0.15) is 12.2 Å². The highest BCUT2D eigenvalue weighted by molar-refractivity contribution is 7.86. The Morgan fingerprint density at radius 3 is 2.36 bits per heavy atom. The maximum atomic E-state index is 12.5. The first-order chi connectivity index (χ1) is 11.4. The van der Waals surface area contributed by atoms with E-state index in [0.29, 0.717) is 0 Å². The first-order valence-electron chi connectivity index (χ1n) is 7.69. The SMILES string of the molecule is CC(=O)O[C@H]1[C@H](OS(=O)(=O)c2ccc(C)cc2)[C@H](O)[C@H](C)O[C@@]1(C)O. The number of rotatable bonds is 4. The van der Waals surface area contributed by atoms with Gasteiger partial charge in [0.15, 0.2) is 6.10 Å². The maximum absolute atomic E-state index is 12.5. The van der Waals surface area contributed by atoms with Crippen molar-refractivity contribution in [2.24, 2.45) is 0 Å². The van der Waals surface area contributed by atoms with Crippen LogP contribution in [0.15, 0.2) is 29.2 Å². The molecule has 0 spiro atoms. The van der Waals surface area contributed by atoms with Crippen molar-refractivity contribution in [3.63, 3.8) is 0 Å². The van der Waals surface area contributed by atoms with Crippen molar-refractivity contribution in [3.05, 3.63) is 29.8 Å². The summed E-state index contributed by atoms with van der Waals surface area (Å²) in [5.41, 5.74) is 0.861. The summed E-state index contributed by atoms with van der Waals surface area (Å²) in [7, 11) is -4.27. The fourth-order valence-electron chi connectivity index (χ4n) is 2.63. The fourth-order valence-corrected chi connectivity index (χ4v) is 3.72. The van der Waals surface area contributed by atoms with E-state index in [1.807, 2.05) is 0 Å². The highest BCUT2D eigenvalue weighted by Crippen LogP contribution is 2.33. The first-order valence-corrected chi connectivity index (χ1v) is 9.10. The van der Waals surface area contributed by atoms with Crippen molar-refractivity contribution in [3.8, 4) is 0 Å². The number of carbonyl (C=O) groups is 1. The summed E-state index contributed by atoms with van der Waals surface area (Å²) in [5.74, 6) is -2.81. The van der Waals surface area contributed by atoms with Gasteiger partial charge in [0.25, 0.3) is 10.1 Å². The lowest BCUT2D eigenvalue weighted by Crippen LogP contribution is -2.64. The number of ether oxygens (including phenoxy) is 2. The molecule has 8 nitrogen and oxygen atoms in total. The van der Waals surface area contributed by atoms with Crippen molar-refractivity contribution in [2.45, 2.75) is 62.8 Å². The molecule has 1 aromatic rings. The van der Waals surface area contributed by atoms with Gasteiger partial charge in [-0.15, -0.1) is 0 Å². The molecule has 2 rings (SSSR count). The van der Waals surface area contributed by atoms with Gasteiger partial charge in [-0.05, 0) is 32.9 Å². The molecular formula is C16H22O8S. The lowest BCUT2D eigenvalue weighted by molar-refractivity contribution is -0.332. The number of benzene rings is 1. The predicted octanol–water partition coefficient (Wildman–Crippen LogP) is 0.489. The molecule has 1 aromatic carbocycles. The van der Waals surface area contributed by atoms with Crippen molar-refractivity contribution in [1.29, 1.82) is 0 Å². The van der Waals surface area contributed by atoms with E-state index in [1.165, 1.54) is 26.0 Å². The molecule has 0 bridgehead atoms. The minimum absolute atomic E-state index is 0.120. The smallest absolute Gasteiger partial charge is 0.303 e. The summed E-state index contributed by atoms with van der Waals surface area (Å²) in [6, 6.07) is 5.91. The van der Waals surface area contributed by atoms with Gasteiger partial charge in [-0.25, -0.2) is 0 Å². The third kappa shape index (κ3) is 4.36. The Bertz CT molecular complexity index is 725. The summed E-state index contributed by atoms with van der Waals surface area (Å²) >= 11 is 0. The lowest BCUT2D eigenvalue weighted by atomic mass is 9.94. The zero-order chi connectivity index (χ0) is 19.0. The third-order valence-corrected chi connectivity index (χ3v) is 5.23. The van der Waals surface area contributed by atoms with Crippen LogP contribution in [0.4, 0.5) is 0 Å². The second-order valence-electron chi connectivity index (χ2n) is 6.23. The van der Waals surface area contributed by atoms with E-state index in [4.69, 9.17) is 13.7 Å². The lowest BCUT2D eigenvalue weighted by Gasteiger charge is -2.45. The predicted molar refractivity (Wildman–Crippen MR) is 86.0 cm³/mol. The van der Waals surface area contributed by atoms with E-state index in [0.717, 1.165) is 12.5 Å². The van der Waals surface area contributed by atoms with Gasteiger partial charge in [0.05, 0.1) is 11.0 Å². The summed E-state index contributed by atoms with van der Waals surface area (Å²) < 4.78 is 40.4.